The van der Waals surface area contributed by atoms with Gasteiger partial charge in [-0.3, -0.25) is 0 Å². The summed E-state index contributed by atoms with van der Waals surface area (Å²) in [7, 11) is -3.19. The van der Waals surface area contributed by atoms with Gasteiger partial charge in [0.2, 0.25) is 0 Å². The highest BCUT2D eigenvalue weighted by molar-refractivity contribution is 7.90. The second-order valence-corrected chi connectivity index (χ2v) is 6.83. The third-order valence-electron chi connectivity index (χ3n) is 2.22. The number of hydrogen-bond acceptors (Lipinski definition) is 3. The van der Waals surface area contributed by atoms with Crippen LogP contribution in [-0.2, 0) is 15.3 Å². The van der Waals surface area contributed by atoms with Crippen LogP contribution in [0.25, 0.3) is 0 Å². The fourth-order valence-electron chi connectivity index (χ4n) is 1.27. The third kappa shape index (κ3) is 2.96. The molecule has 15 heavy (non-hydrogen) atoms. The Kier molecular flexibility index (Phi) is 2.83. The Balaban J connectivity index is 3.43. The first-order valence-electron chi connectivity index (χ1n) is 4.72. The number of rotatable bonds is 1. The molecular weight excluding hydrogens is 210 g/mol. The van der Waals surface area contributed by atoms with Crippen LogP contribution in [0.15, 0.2) is 23.1 Å². The Morgan fingerprint density at radius 1 is 1.13 bits per heavy atom. The fourth-order valence-corrected chi connectivity index (χ4v) is 1.96. The Morgan fingerprint density at radius 2 is 1.67 bits per heavy atom. The molecule has 0 aliphatic heterocycles. The molecule has 0 radical (unpaired) electrons. The van der Waals surface area contributed by atoms with Gasteiger partial charge in [0.05, 0.1) is 4.90 Å². The molecule has 0 saturated carbocycles. The molecule has 0 aliphatic carbocycles. The van der Waals surface area contributed by atoms with Crippen LogP contribution in [0, 0.1) is 0 Å². The van der Waals surface area contributed by atoms with Crippen LogP contribution in [0.3, 0.4) is 0 Å². The van der Waals surface area contributed by atoms with Crippen molar-refractivity contribution in [2.45, 2.75) is 31.1 Å². The summed E-state index contributed by atoms with van der Waals surface area (Å²) in [6, 6.07) is 4.99. The van der Waals surface area contributed by atoms with Gasteiger partial charge in [-0.15, -0.1) is 0 Å². The van der Waals surface area contributed by atoms with Crippen LogP contribution in [0.4, 0.5) is 5.69 Å². The molecule has 0 aliphatic rings. The summed E-state index contributed by atoms with van der Waals surface area (Å²) >= 11 is 0. The van der Waals surface area contributed by atoms with Crippen LogP contribution in [0.2, 0.25) is 0 Å². The monoisotopic (exact) mass is 227 g/mol. The molecule has 0 heterocycles. The summed E-state index contributed by atoms with van der Waals surface area (Å²) in [6.45, 7) is 6.06. The molecule has 1 aromatic carbocycles. The van der Waals surface area contributed by atoms with Crippen molar-refractivity contribution < 1.29 is 8.42 Å². The van der Waals surface area contributed by atoms with Crippen molar-refractivity contribution in [3.8, 4) is 0 Å². The van der Waals surface area contributed by atoms with E-state index < -0.39 is 9.84 Å². The summed E-state index contributed by atoms with van der Waals surface area (Å²) in [6.07, 6.45) is 1.19. The Labute approximate surface area is 91.2 Å². The molecule has 0 unspecified atom stereocenters. The lowest BCUT2D eigenvalue weighted by atomic mass is 9.87. The van der Waals surface area contributed by atoms with Gasteiger partial charge in [0.1, 0.15) is 0 Å². The summed E-state index contributed by atoms with van der Waals surface area (Å²) in [5, 5.41) is 0. The van der Waals surface area contributed by atoms with E-state index in [-0.39, 0.29) is 10.3 Å². The minimum absolute atomic E-state index is 0.102. The first-order chi connectivity index (χ1) is 6.60. The topological polar surface area (TPSA) is 60.2 Å². The van der Waals surface area contributed by atoms with E-state index in [4.69, 9.17) is 5.73 Å². The standard InChI is InChI=1S/C11H17NO2S/c1-11(2,3)8-5-9(12)7-10(6-8)15(4,13)14/h5-7H,12H2,1-4H3. The van der Waals surface area contributed by atoms with Crippen LogP contribution < -0.4 is 5.73 Å². The molecule has 2 N–H and O–H groups in total. The molecule has 0 amide bonds. The maximum absolute atomic E-state index is 11.4. The van der Waals surface area contributed by atoms with Gasteiger partial charge < -0.3 is 5.73 Å². The minimum atomic E-state index is -3.19. The van der Waals surface area contributed by atoms with Crippen LogP contribution >= 0.6 is 0 Å². The summed E-state index contributed by atoms with van der Waals surface area (Å²) in [5.41, 5.74) is 7.01. The van der Waals surface area contributed by atoms with Crippen LogP contribution in [0.5, 0.6) is 0 Å². The molecule has 1 rings (SSSR count). The fraction of sp³-hybridized carbons (Fsp3) is 0.455. The average molecular weight is 227 g/mol. The molecule has 0 bridgehead atoms. The third-order valence-corrected chi connectivity index (χ3v) is 3.32. The lowest BCUT2D eigenvalue weighted by molar-refractivity contribution is 0.585. The highest BCUT2D eigenvalue weighted by atomic mass is 32.2. The molecule has 0 fully saturated rings. The predicted octanol–water partition coefficient (Wildman–Crippen LogP) is 1.97. The van der Waals surface area contributed by atoms with Crippen LogP contribution in [0.1, 0.15) is 26.3 Å². The van der Waals surface area contributed by atoms with Crippen molar-refractivity contribution in [1.82, 2.24) is 0 Å². The van der Waals surface area contributed by atoms with E-state index in [2.05, 4.69) is 0 Å². The SMILES string of the molecule is CC(C)(C)c1cc(N)cc(S(C)(=O)=O)c1. The van der Waals surface area contributed by atoms with Gasteiger partial charge in [-0.2, -0.15) is 0 Å². The molecule has 84 valence electrons. The quantitative estimate of drug-likeness (QED) is 0.746. The van der Waals surface area contributed by atoms with Gasteiger partial charge >= 0.3 is 0 Å². The first-order valence-corrected chi connectivity index (χ1v) is 6.61. The van der Waals surface area contributed by atoms with E-state index in [1.165, 1.54) is 12.3 Å². The Morgan fingerprint density at radius 3 is 2.07 bits per heavy atom. The molecule has 1 aromatic rings. The number of nitrogen functional groups attached to an aromatic ring is 1. The number of anilines is 1. The van der Waals surface area contributed by atoms with Crippen molar-refractivity contribution in [2.24, 2.45) is 0 Å². The Bertz CT molecular complexity index is 470. The van der Waals surface area contributed by atoms with E-state index in [0.717, 1.165) is 5.56 Å². The molecular formula is C11H17NO2S. The van der Waals surface area contributed by atoms with E-state index >= 15 is 0 Å². The smallest absolute Gasteiger partial charge is 0.175 e. The predicted molar refractivity (Wildman–Crippen MR) is 62.7 cm³/mol. The zero-order valence-electron chi connectivity index (χ0n) is 9.53. The Hall–Kier alpha value is -1.03. The van der Waals surface area contributed by atoms with Crippen molar-refractivity contribution in [1.29, 1.82) is 0 Å². The lowest BCUT2D eigenvalue weighted by Gasteiger charge is -2.20. The van der Waals surface area contributed by atoms with Crippen molar-refractivity contribution in [3.05, 3.63) is 23.8 Å². The number of sulfone groups is 1. The number of nitrogens with two attached hydrogens (primary N) is 1. The number of benzene rings is 1. The van der Waals surface area contributed by atoms with Gasteiger partial charge in [-0.1, -0.05) is 20.8 Å². The summed E-state index contributed by atoms with van der Waals surface area (Å²) in [4.78, 5) is 0.285. The van der Waals surface area contributed by atoms with Gasteiger partial charge in [0.15, 0.2) is 9.84 Å². The highest BCUT2D eigenvalue weighted by Gasteiger charge is 2.17. The van der Waals surface area contributed by atoms with Gasteiger partial charge in [0, 0.05) is 11.9 Å². The van der Waals surface area contributed by atoms with E-state index in [9.17, 15) is 8.42 Å². The molecule has 0 atom stereocenters. The van der Waals surface area contributed by atoms with E-state index in [1.807, 2.05) is 26.8 Å². The van der Waals surface area contributed by atoms with Crippen molar-refractivity contribution >= 4 is 15.5 Å². The van der Waals surface area contributed by atoms with Crippen LogP contribution in [-0.4, -0.2) is 14.7 Å². The maximum atomic E-state index is 11.4. The molecule has 3 nitrogen and oxygen atoms in total. The molecule has 4 heteroatoms. The highest BCUT2D eigenvalue weighted by Crippen LogP contribution is 2.27. The minimum Gasteiger partial charge on any atom is -0.399 e. The molecule has 0 aromatic heterocycles. The zero-order valence-corrected chi connectivity index (χ0v) is 10.4. The van der Waals surface area contributed by atoms with E-state index in [1.54, 1.807) is 6.07 Å². The zero-order chi connectivity index (χ0) is 11.9. The normalized spacial score (nSPS) is 12.8. The summed E-state index contributed by atoms with van der Waals surface area (Å²) in [5.74, 6) is 0. The van der Waals surface area contributed by atoms with E-state index in [0.29, 0.717) is 5.69 Å². The first kappa shape index (κ1) is 12.0. The molecule has 0 spiro atoms. The van der Waals surface area contributed by atoms with Gasteiger partial charge in [-0.05, 0) is 29.2 Å². The van der Waals surface area contributed by atoms with Crippen molar-refractivity contribution in [3.63, 3.8) is 0 Å². The second kappa shape index (κ2) is 3.52. The number of hydrogen-bond donors (Lipinski definition) is 1. The largest absolute Gasteiger partial charge is 0.399 e. The van der Waals surface area contributed by atoms with Crippen molar-refractivity contribution in [2.75, 3.05) is 12.0 Å². The lowest BCUT2D eigenvalue weighted by Crippen LogP contribution is -2.13. The summed E-state index contributed by atoms with van der Waals surface area (Å²) < 4.78 is 22.8. The average Bonchev–Trinajstić information content (AvgIpc) is 1.99. The molecule has 0 saturated heterocycles. The second-order valence-electron chi connectivity index (χ2n) is 4.81. The van der Waals surface area contributed by atoms with Gasteiger partial charge in [0.25, 0.3) is 0 Å². The van der Waals surface area contributed by atoms with Gasteiger partial charge in [-0.25, -0.2) is 8.42 Å². The maximum Gasteiger partial charge on any atom is 0.175 e.